The van der Waals surface area contributed by atoms with Gasteiger partial charge in [-0.05, 0) is 12.0 Å². The number of hydrogen-bond donors (Lipinski definition) is 2. The van der Waals surface area contributed by atoms with Gasteiger partial charge in [0.2, 0.25) is 10.0 Å². The van der Waals surface area contributed by atoms with E-state index in [2.05, 4.69) is 4.72 Å². The molecule has 0 bridgehead atoms. The van der Waals surface area contributed by atoms with E-state index in [1.54, 1.807) is 0 Å². The summed E-state index contributed by atoms with van der Waals surface area (Å²) in [6.07, 6.45) is 0.437. The molecule has 0 saturated heterocycles. The van der Waals surface area contributed by atoms with E-state index >= 15 is 0 Å². The predicted octanol–water partition coefficient (Wildman–Crippen LogP) is 0.250. The Balaban J connectivity index is 2.23. The van der Waals surface area contributed by atoms with Gasteiger partial charge in [-0.15, -0.1) is 0 Å². The standard InChI is InChI=1S/C12H17NO5S/c14-12(15)10-18-8-7-13-19(16,17)9-6-11-4-2-1-3-5-11/h1-5,13H,6-10H2,(H,14,15). The number of aryl methyl sites for hydroxylation is 1. The van der Waals surface area contributed by atoms with Crippen LogP contribution in [0.5, 0.6) is 0 Å². The molecule has 7 heteroatoms. The first-order valence-electron chi connectivity index (χ1n) is 5.80. The summed E-state index contributed by atoms with van der Waals surface area (Å²) in [5.41, 5.74) is 0.954. The number of rotatable bonds is 9. The number of ether oxygens (including phenoxy) is 1. The van der Waals surface area contributed by atoms with Crippen LogP contribution in [0.1, 0.15) is 5.56 Å². The van der Waals surface area contributed by atoms with E-state index in [-0.39, 0.29) is 18.9 Å². The van der Waals surface area contributed by atoms with Crippen LogP contribution in [-0.4, -0.2) is 45.0 Å². The molecule has 0 heterocycles. The first-order chi connectivity index (χ1) is 8.99. The van der Waals surface area contributed by atoms with Gasteiger partial charge in [0.25, 0.3) is 0 Å². The molecule has 0 amide bonds. The van der Waals surface area contributed by atoms with E-state index < -0.39 is 22.6 Å². The molecule has 19 heavy (non-hydrogen) atoms. The minimum Gasteiger partial charge on any atom is -0.480 e. The van der Waals surface area contributed by atoms with E-state index in [0.29, 0.717) is 6.42 Å². The highest BCUT2D eigenvalue weighted by Gasteiger charge is 2.09. The summed E-state index contributed by atoms with van der Waals surface area (Å²) in [6.45, 7) is -0.312. The van der Waals surface area contributed by atoms with Crippen LogP contribution in [0.2, 0.25) is 0 Å². The van der Waals surface area contributed by atoms with Crippen molar-refractivity contribution in [3.8, 4) is 0 Å². The van der Waals surface area contributed by atoms with Crippen LogP contribution in [0.4, 0.5) is 0 Å². The predicted molar refractivity (Wildman–Crippen MR) is 70.4 cm³/mol. The third-order valence-corrected chi connectivity index (χ3v) is 3.68. The summed E-state index contributed by atoms with van der Waals surface area (Å²) in [6, 6.07) is 9.32. The number of hydrogen-bond acceptors (Lipinski definition) is 4. The minimum atomic E-state index is -3.36. The summed E-state index contributed by atoms with van der Waals surface area (Å²) in [7, 11) is -3.36. The van der Waals surface area contributed by atoms with Crippen LogP contribution in [0, 0.1) is 0 Å². The van der Waals surface area contributed by atoms with Gasteiger partial charge in [0, 0.05) is 6.54 Å². The number of benzene rings is 1. The van der Waals surface area contributed by atoms with Crippen molar-refractivity contribution in [1.82, 2.24) is 4.72 Å². The Morgan fingerprint density at radius 2 is 1.95 bits per heavy atom. The summed E-state index contributed by atoms with van der Waals surface area (Å²) >= 11 is 0. The molecule has 0 spiro atoms. The van der Waals surface area contributed by atoms with Crippen LogP contribution in [0.25, 0.3) is 0 Å². The Morgan fingerprint density at radius 3 is 2.58 bits per heavy atom. The molecule has 6 nitrogen and oxygen atoms in total. The second kappa shape index (κ2) is 7.88. The van der Waals surface area contributed by atoms with E-state index in [4.69, 9.17) is 9.84 Å². The van der Waals surface area contributed by atoms with Gasteiger partial charge in [-0.1, -0.05) is 30.3 Å². The van der Waals surface area contributed by atoms with Gasteiger partial charge >= 0.3 is 5.97 Å². The Hall–Kier alpha value is -1.44. The second-order valence-electron chi connectivity index (χ2n) is 3.90. The zero-order valence-corrected chi connectivity index (χ0v) is 11.2. The Morgan fingerprint density at radius 1 is 1.26 bits per heavy atom. The lowest BCUT2D eigenvalue weighted by Gasteiger charge is -2.06. The maximum atomic E-state index is 11.6. The van der Waals surface area contributed by atoms with E-state index in [1.807, 2.05) is 30.3 Å². The van der Waals surface area contributed by atoms with E-state index in [1.165, 1.54) is 0 Å². The topological polar surface area (TPSA) is 92.7 Å². The van der Waals surface area contributed by atoms with Gasteiger partial charge in [0.1, 0.15) is 6.61 Å². The van der Waals surface area contributed by atoms with Gasteiger partial charge in [0.05, 0.1) is 12.4 Å². The van der Waals surface area contributed by atoms with Crippen molar-refractivity contribution in [3.05, 3.63) is 35.9 Å². The molecule has 0 atom stereocenters. The third-order valence-electron chi connectivity index (χ3n) is 2.30. The largest absolute Gasteiger partial charge is 0.480 e. The fourth-order valence-electron chi connectivity index (χ4n) is 1.40. The number of carboxylic acid groups (broad SMARTS) is 1. The number of aliphatic carboxylic acids is 1. The van der Waals surface area contributed by atoms with Crippen LogP contribution in [0.15, 0.2) is 30.3 Å². The molecular weight excluding hydrogens is 270 g/mol. The molecule has 1 aromatic carbocycles. The van der Waals surface area contributed by atoms with Gasteiger partial charge in [-0.3, -0.25) is 0 Å². The average molecular weight is 287 g/mol. The smallest absolute Gasteiger partial charge is 0.329 e. The van der Waals surface area contributed by atoms with Crippen molar-refractivity contribution in [2.75, 3.05) is 25.5 Å². The Bertz CT molecular complexity index is 486. The number of sulfonamides is 1. The van der Waals surface area contributed by atoms with Crippen molar-refractivity contribution in [3.63, 3.8) is 0 Å². The van der Waals surface area contributed by atoms with Crippen LogP contribution < -0.4 is 4.72 Å². The van der Waals surface area contributed by atoms with Crippen LogP contribution in [-0.2, 0) is 26.0 Å². The summed E-state index contributed by atoms with van der Waals surface area (Å²) < 4.78 is 30.3. The number of carboxylic acids is 1. The molecule has 0 saturated carbocycles. The lowest BCUT2D eigenvalue weighted by molar-refractivity contribution is -0.142. The van der Waals surface area contributed by atoms with Gasteiger partial charge in [-0.2, -0.15) is 0 Å². The van der Waals surface area contributed by atoms with E-state index in [9.17, 15) is 13.2 Å². The summed E-state index contributed by atoms with van der Waals surface area (Å²) in [5.74, 6) is -1.08. The van der Waals surface area contributed by atoms with Crippen LogP contribution >= 0.6 is 0 Å². The lowest BCUT2D eigenvalue weighted by Crippen LogP contribution is -2.30. The molecule has 0 aliphatic rings. The molecule has 106 valence electrons. The van der Waals surface area contributed by atoms with Gasteiger partial charge < -0.3 is 9.84 Å². The van der Waals surface area contributed by atoms with Gasteiger partial charge in [0.15, 0.2) is 0 Å². The molecular formula is C12H17NO5S. The molecule has 0 aromatic heterocycles. The van der Waals surface area contributed by atoms with Crippen molar-refractivity contribution in [2.24, 2.45) is 0 Å². The first-order valence-corrected chi connectivity index (χ1v) is 7.45. The average Bonchev–Trinajstić information content (AvgIpc) is 2.37. The Labute approximate surface area is 112 Å². The monoisotopic (exact) mass is 287 g/mol. The zero-order chi connectivity index (χ0) is 14.1. The molecule has 1 aromatic rings. The normalized spacial score (nSPS) is 11.4. The summed E-state index contributed by atoms with van der Waals surface area (Å²) in [5, 5.41) is 8.32. The molecule has 2 N–H and O–H groups in total. The third kappa shape index (κ3) is 7.55. The molecule has 0 radical (unpaired) electrons. The lowest BCUT2D eigenvalue weighted by atomic mass is 10.2. The van der Waals surface area contributed by atoms with Crippen LogP contribution in [0.3, 0.4) is 0 Å². The fraction of sp³-hybridized carbons (Fsp3) is 0.417. The van der Waals surface area contributed by atoms with E-state index in [0.717, 1.165) is 5.56 Å². The van der Waals surface area contributed by atoms with Crippen molar-refractivity contribution in [1.29, 1.82) is 0 Å². The highest BCUT2D eigenvalue weighted by molar-refractivity contribution is 7.89. The highest BCUT2D eigenvalue weighted by atomic mass is 32.2. The molecule has 0 unspecified atom stereocenters. The quantitative estimate of drug-likeness (QED) is 0.635. The van der Waals surface area contributed by atoms with Crippen molar-refractivity contribution >= 4 is 16.0 Å². The Kier molecular flexibility index (Phi) is 6.48. The van der Waals surface area contributed by atoms with Crippen molar-refractivity contribution < 1.29 is 23.1 Å². The SMILES string of the molecule is O=C(O)COCCNS(=O)(=O)CCc1ccccc1. The first kappa shape index (κ1) is 15.6. The second-order valence-corrected chi connectivity index (χ2v) is 5.82. The maximum absolute atomic E-state index is 11.6. The number of nitrogens with one attached hydrogen (secondary N) is 1. The van der Waals surface area contributed by atoms with Gasteiger partial charge in [-0.25, -0.2) is 17.9 Å². The highest BCUT2D eigenvalue weighted by Crippen LogP contribution is 2.01. The minimum absolute atomic E-state index is 0.00402. The molecule has 0 fully saturated rings. The molecule has 1 rings (SSSR count). The molecule has 0 aliphatic heterocycles. The summed E-state index contributed by atoms with van der Waals surface area (Å²) in [4.78, 5) is 10.2. The van der Waals surface area contributed by atoms with Crippen molar-refractivity contribution in [2.45, 2.75) is 6.42 Å². The molecule has 0 aliphatic carbocycles. The fourth-order valence-corrected chi connectivity index (χ4v) is 2.44. The maximum Gasteiger partial charge on any atom is 0.329 e. The number of carbonyl (C=O) groups is 1. The zero-order valence-electron chi connectivity index (χ0n) is 10.4.